The van der Waals surface area contributed by atoms with E-state index in [2.05, 4.69) is 0 Å². The van der Waals surface area contributed by atoms with Crippen molar-refractivity contribution in [2.24, 2.45) is 0 Å². The Morgan fingerprint density at radius 2 is 2.14 bits per heavy atom. The van der Waals surface area contributed by atoms with Crippen molar-refractivity contribution in [2.45, 2.75) is 58.0 Å². The van der Waals surface area contributed by atoms with Crippen LogP contribution in [0.2, 0.25) is 0 Å². The molecule has 4 nitrogen and oxygen atoms in total. The number of nitrogens with two attached hydrogens (primary N) is 1. The average molecular weight is 303 g/mol. The first-order chi connectivity index (χ1) is 10.4. The number of hydrogen-bond donors (Lipinski definition) is 2. The maximum absolute atomic E-state index is 12.5. The molecular formula is C18H25NO3. The molecule has 0 saturated heterocycles. The van der Waals surface area contributed by atoms with Crippen molar-refractivity contribution >= 4 is 11.7 Å². The average Bonchev–Trinajstić information content (AvgIpc) is 2.42. The Hall–Kier alpha value is -1.97. The fourth-order valence-electron chi connectivity index (χ4n) is 3.28. The molecule has 0 spiro atoms. The van der Waals surface area contributed by atoms with Crippen LogP contribution in [0.1, 0.15) is 57.9 Å². The summed E-state index contributed by atoms with van der Waals surface area (Å²) in [7, 11) is 0. The van der Waals surface area contributed by atoms with Gasteiger partial charge in [0.15, 0.2) is 0 Å². The van der Waals surface area contributed by atoms with Gasteiger partial charge in [-0.05, 0) is 37.5 Å². The van der Waals surface area contributed by atoms with E-state index in [1.54, 1.807) is 0 Å². The van der Waals surface area contributed by atoms with Crippen LogP contribution < -0.4 is 5.73 Å². The fraction of sp³-hybridized carbons (Fsp3) is 0.500. The molecule has 22 heavy (non-hydrogen) atoms. The summed E-state index contributed by atoms with van der Waals surface area (Å²) in [5.74, 6) is -0.447. The Balaban J connectivity index is 2.38. The monoisotopic (exact) mass is 303 g/mol. The third-order valence-electron chi connectivity index (χ3n) is 4.26. The zero-order valence-electron chi connectivity index (χ0n) is 13.6. The zero-order chi connectivity index (χ0) is 16.3. The van der Waals surface area contributed by atoms with E-state index in [9.17, 15) is 9.90 Å². The number of carbonyl (C=O) groups is 1. The van der Waals surface area contributed by atoms with Crippen LogP contribution in [0.5, 0.6) is 0 Å². The van der Waals surface area contributed by atoms with Crippen molar-refractivity contribution in [3.63, 3.8) is 0 Å². The van der Waals surface area contributed by atoms with E-state index in [-0.39, 0.29) is 11.7 Å². The molecule has 3 N–H and O–H groups in total. The lowest BCUT2D eigenvalue weighted by Gasteiger charge is -2.35. The molecule has 0 saturated carbocycles. The van der Waals surface area contributed by atoms with Gasteiger partial charge in [0.25, 0.3) is 0 Å². The summed E-state index contributed by atoms with van der Waals surface area (Å²) >= 11 is 0. The first kappa shape index (κ1) is 16.4. The zero-order valence-corrected chi connectivity index (χ0v) is 13.6. The highest BCUT2D eigenvalue weighted by molar-refractivity contribution is 5.92. The van der Waals surface area contributed by atoms with Crippen LogP contribution in [-0.4, -0.2) is 16.7 Å². The highest BCUT2D eigenvalue weighted by atomic mass is 16.6. The third kappa shape index (κ3) is 3.26. The Kier molecular flexibility index (Phi) is 4.79. The molecule has 1 aromatic carbocycles. The van der Waals surface area contributed by atoms with E-state index in [0.717, 1.165) is 18.4 Å². The van der Waals surface area contributed by atoms with Gasteiger partial charge in [-0.3, -0.25) is 0 Å². The number of aliphatic hydroxyl groups is 1. The van der Waals surface area contributed by atoms with Gasteiger partial charge in [-0.25, -0.2) is 4.79 Å². The number of hydrogen-bond acceptors (Lipinski definition) is 4. The molecule has 1 aliphatic rings. The van der Waals surface area contributed by atoms with Crippen LogP contribution in [-0.2, 0) is 9.53 Å². The molecular weight excluding hydrogens is 278 g/mol. The van der Waals surface area contributed by atoms with Crippen molar-refractivity contribution in [3.05, 3.63) is 41.2 Å². The molecule has 1 aromatic rings. The summed E-state index contributed by atoms with van der Waals surface area (Å²) < 4.78 is 5.64. The fourth-order valence-corrected chi connectivity index (χ4v) is 3.28. The van der Waals surface area contributed by atoms with E-state index < -0.39 is 11.6 Å². The molecule has 0 bridgehead atoms. The molecule has 1 aliphatic heterocycles. The molecule has 0 unspecified atom stereocenters. The Morgan fingerprint density at radius 3 is 2.68 bits per heavy atom. The number of aliphatic hydroxyl groups excluding tert-OH is 1. The summed E-state index contributed by atoms with van der Waals surface area (Å²) in [6, 6.07) is 7.45. The van der Waals surface area contributed by atoms with Gasteiger partial charge >= 0.3 is 5.97 Å². The van der Waals surface area contributed by atoms with Crippen LogP contribution >= 0.6 is 0 Å². The molecule has 0 radical (unpaired) electrons. The van der Waals surface area contributed by atoms with E-state index in [1.165, 1.54) is 0 Å². The minimum absolute atomic E-state index is 0.154. The molecule has 1 heterocycles. The van der Waals surface area contributed by atoms with Gasteiger partial charge < -0.3 is 15.6 Å². The lowest BCUT2D eigenvalue weighted by atomic mass is 9.83. The second-order valence-electron chi connectivity index (χ2n) is 6.26. The Bertz CT molecular complexity index is 594. The second kappa shape index (κ2) is 6.42. The number of benzene rings is 1. The summed E-state index contributed by atoms with van der Waals surface area (Å²) in [5.41, 5.74) is 7.19. The summed E-state index contributed by atoms with van der Waals surface area (Å²) in [6.07, 6.45) is 2.72. The number of rotatable bonds is 5. The van der Waals surface area contributed by atoms with Crippen molar-refractivity contribution in [2.75, 3.05) is 5.73 Å². The molecule has 0 aromatic heterocycles. The summed E-state index contributed by atoms with van der Waals surface area (Å²) in [4.78, 5) is 12.5. The highest BCUT2D eigenvalue weighted by Crippen LogP contribution is 2.39. The number of anilines is 1. The maximum Gasteiger partial charge on any atom is 0.338 e. The van der Waals surface area contributed by atoms with Crippen molar-refractivity contribution in [3.8, 4) is 0 Å². The minimum atomic E-state index is -0.604. The van der Waals surface area contributed by atoms with Crippen LogP contribution in [0.15, 0.2) is 35.6 Å². The number of ether oxygens (including phenoxy) is 1. The van der Waals surface area contributed by atoms with Crippen LogP contribution in [0.25, 0.3) is 0 Å². The molecule has 4 heteroatoms. The van der Waals surface area contributed by atoms with Crippen LogP contribution in [0, 0.1) is 0 Å². The molecule has 0 fully saturated rings. The lowest BCUT2D eigenvalue weighted by molar-refractivity contribution is -0.158. The molecule has 2 rings (SSSR count). The van der Waals surface area contributed by atoms with E-state index in [1.807, 2.05) is 45.0 Å². The standard InChI is InChI=1S/C18H25NO3/c1-4-9-18(3)11-15(20)16(17(21)22-18)14(5-2)12-7-6-8-13(19)10-12/h6-8,10,14,20H,4-5,9,11,19H2,1-3H3/t14-,18+/m0/s1. The highest BCUT2D eigenvalue weighted by Gasteiger charge is 2.40. The van der Waals surface area contributed by atoms with Gasteiger partial charge in [-0.15, -0.1) is 0 Å². The topological polar surface area (TPSA) is 72.5 Å². The van der Waals surface area contributed by atoms with Gasteiger partial charge in [-0.1, -0.05) is 32.4 Å². The first-order valence-corrected chi connectivity index (χ1v) is 7.91. The molecule has 0 amide bonds. The largest absolute Gasteiger partial charge is 0.512 e. The smallest absolute Gasteiger partial charge is 0.338 e. The summed E-state index contributed by atoms with van der Waals surface area (Å²) in [6.45, 7) is 5.90. The van der Waals surface area contributed by atoms with Crippen molar-refractivity contribution < 1.29 is 14.6 Å². The number of carbonyl (C=O) groups excluding carboxylic acids is 1. The minimum Gasteiger partial charge on any atom is -0.512 e. The Labute approximate surface area is 132 Å². The van der Waals surface area contributed by atoms with Gasteiger partial charge in [0, 0.05) is 18.0 Å². The third-order valence-corrected chi connectivity index (χ3v) is 4.26. The predicted octanol–water partition coefficient (Wildman–Crippen LogP) is 4.08. The number of nitrogen functional groups attached to an aromatic ring is 1. The van der Waals surface area contributed by atoms with Crippen molar-refractivity contribution in [1.29, 1.82) is 0 Å². The Morgan fingerprint density at radius 1 is 1.41 bits per heavy atom. The quantitative estimate of drug-likeness (QED) is 0.635. The predicted molar refractivity (Wildman–Crippen MR) is 87.6 cm³/mol. The van der Waals surface area contributed by atoms with E-state index >= 15 is 0 Å². The second-order valence-corrected chi connectivity index (χ2v) is 6.26. The van der Waals surface area contributed by atoms with E-state index in [0.29, 0.717) is 24.1 Å². The van der Waals surface area contributed by atoms with Gasteiger partial charge in [0.2, 0.25) is 0 Å². The van der Waals surface area contributed by atoms with Gasteiger partial charge in [0.05, 0.1) is 5.57 Å². The van der Waals surface area contributed by atoms with Crippen LogP contribution in [0.4, 0.5) is 5.69 Å². The maximum atomic E-state index is 12.5. The molecule has 120 valence electrons. The van der Waals surface area contributed by atoms with Gasteiger partial charge in [0.1, 0.15) is 11.4 Å². The number of cyclic esters (lactones) is 1. The van der Waals surface area contributed by atoms with E-state index in [4.69, 9.17) is 10.5 Å². The molecule has 0 aliphatic carbocycles. The normalized spacial score (nSPS) is 23.3. The first-order valence-electron chi connectivity index (χ1n) is 7.91. The SMILES string of the molecule is CCC[C@]1(C)CC(O)=C([C@@H](CC)c2cccc(N)c2)C(=O)O1. The van der Waals surface area contributed by atoms with Crippen molar-refractivity contribution in [1.82, 2.24) is 0 Å². The van der Waals surface area contributed by atoms with Gasteiger partial charge in [-0.2, -0.15) is 0 Å². The van der Waals surface area contributed by atoms with Crippen LogP contribution in [0.3, 0.4) is 0 Å². The summed E-state index contributed by atoms with van der Waals surface area (Å²) in [5, 5.41) is 10.5. The molecule has 2 atom stereocenters. The number of esters is 1. The lowest BCUT2D eigenvalue weighted by Crippen LogP contribution is -2.38.